The summed E-state index contributed by atoms with van der Waals surface area (Å²) in [4.78, 5) is 72.9. The average molecular weight is 685 g/mol. The Balaban J connectivity index is 1.34. The summed E-state index contributed by atoms with van der Waals surface area (Å²) in [5.74, 6) is -2.77. The molecule has 5 amide bonds. The van der Waals surface area contributed by atoms with Crippen molar-refractivity contribution in [1.29, 1.82) is 0 Å². The molecule has 4 fully saturated rings. The molecule has 48 heavy (non-hydrogen) atoms. The van der Waals surface area contributed by atoms with Gasteiger partial charge in [0.2, 0.25) is 17.6 Å². The van der Waals surface area contributed by atoms with Crippen molar-refractivity contribution in [2.24, 2.45) is 34.3 Å². The van der Waals surface area contributed by atoms with Gasteiger partial charge in [-0.15, -0.1) is 0 Å². The first-order chi connectivity index (χ1) is 22.6. The van der Waals surface area contributed by atoms with Crippen molar-refractivity contribution in [2.75, 3.05) is 12.3 Å². The second-order valence-electron chi connectivity index (χ2n) is 16.0. The van der Waals surface area contributed by atoms with Crippen LogP contribution >= 0.6 is 0 Å². The van der Waals surface area contributed by atoms with E-state index in [0.29, 0.717) is 37.3 Å². The maximum absolute atomic E-state index is 14.4. The number of nitrogens with one attached hydrogen (secondary N) is 3. The molecule has 6 atom stereocenters. The summed E-state index contributed by atoms with van der Waals surface area (Å²) in [5.41, 5.74) is 3.76. The van der Waals surface area contributed by atoms with Crippen LogP contribution in [-0.4, -0.2) is 79.6 Å². The molecule has 0 spiro atoms. The summed E-state index contributed by atoms with van der Waals surface area (Å²) in [6.45, 7) is 10.1. The largest absolute Gasteiger partial charge is 0.363 e. The number of Topliss-reactive ketones (excluding diaryl/α,β-unsaturated/α-hetero) is 1. The molecule has 12 nitrogen and oxygen atoms in total. The monoisotopic (exact) mass is 684 g/mol. The molecule has 0 radical (unpaired) electrons. The van der Waals surface area contributed by atoms with Crippen molar-refractivity contribution in [3.63, 3.8) is 0 Å². The lowest BCUT2D eigenvalue weighted by atomic mass is 9.83. The second-order valence-corrected chi connectivity index (χ2v) is 17.4. The molecule has 13 heteroatoms. The van der Waals surface area contributed by atoms with E-state index in [-0.39, 0.29) is 34.8 Å². The SMILES string of the molecule is CC1(C)C2CN(C(=O)[C@@H](NC(=O)NC3(CS(=O)c4ccccn4)CCCCC3)C(C)(C)C)[C@H](C(=O)NC(C(=O)C(N)=O)C3CCCC3)C21. The lowest BCUT2D eigenvalue weighted by Crippen LogP contribution is -2.64. The Morgan fingerprint density at radius 1 is 1.02 bits per heavy atom. The number of nitrogens with two attached hydrogens (primary N) is 1. The molecule has 3 aliphatic carbocycles. The van der Waals surface area contributed by atoms with Crippen molar-refractivity contribution >= 4 is 40.3 Å². The van der Waals surface area contributed by atoms with Gasteiger partial charge in [0.15, 0.2) is 0 Å². The van der Waals surface area contributed by atoms with E-state index in [9.17, 15) is 28.2 Å². The molecule has 4 aliphatic rings. The van der Waals surface area contributed by atoms with Crippen LogP contribution in [0, 0.1) is 28.6 Å². The van der Waals surface area contributed by atoms with Crippen molar-refractivity contribution in [2.45, 2.75) is 121 Å². The third-order valence-electron chi connectivity index (χ3n) is 11.3. The summed E-state index contributed by atoms with van der Waals surface area (Å²) in [5, 5.41) is 9.38. The number of fused-ring (bicyclic) bond motifs is 1. The van der Waals surface area contributed by atoms with Crippen LogP contribution < -0.4 is 21.7 Å². The molecule has 1 saturated heterocycles. The van der Waals surface area contributed by atoms with Gasteiger partial charge in [-0.1, -0.05) is 72.8 Å². The van der Waals surface area contributed by atoms with Crippen LogP contribution in [0.3, 0.4) is 0 Å². The summed E-state index contributed by atoms with van der Waals surface area (Å²) < 4.78 is 13.3. The minimum Gasteiger partial charge on any atom is -0.363 e. The van der Waals surface area contributed by atoms with Gasteiger partial charge in [0.05, 0.1) is 22.1 Å². The van der Waals surface area contributed by atoms with E-state index in [1.165, 1.54) is 0 Å². The third kappa shape index (κ3) is 7.45. The number of nitrogens with zero attached hydrogens (tertiary/aromatic N) is 2. The van der Waals surface area contributed by atoms with Gasteiger partial charge in [0.1, 0.15) is 23.2 Å². The van der Waals surface area contributed by atoms with Crippen LogP contribution in [0.15, 0.2) is 29.4 Å². The molecule has 3 saturated carbocycles. The molecule has 5 N–H and O–H groups in total. The third-order valence-corrected chi connectivity index (χ3v) is 12.8. The number of carbonyl (C=O) groups excluding carboxylic acids is 5. The first-order valence-corrected chi connectivity index (χ1v) is 18.7. The summed E-state index contributed by atoms with van der Waals surface area (Å²) in [7, 11) is -1.43. The number of hydrogen-bond donors (Lipinski definition) is 4. The van der Waals surface area contributed by atoms with Crippen molar-refractivity contribution in [1.82, 2.24) is 25.8 Å². The van der Waals surface area contributed by atoms with Gasteiger partial charge in [-0.3, -0.25) is 23.4 Å². The zero-order valence-corrected chi connectivity index (χ0v) is 29.7. The molecular weight excluding hydrogens is 632 g/mol. The fourth-order valence-electron chi connectivity index (χ4n) is 8.46. The zero-order chi connectivity index (χ0) is 35.0. The zero-order valence-electron chi connectivity index (χ0n) is 28.9. The van der Waals surface area contributed by atoms with Crippen LogP contribution in [0.2, 0.25) is 0 Å². The molecule has 264 valence electrons. The number of pyridine rings is 1. The average Bonchev–Trinajstić information content (AvgIpc) is 3.48. The summed E-state index contributed by atoms with van der Waals surface area (Å²) in [6, 6.07) is 1.88. The van der Waals surface area contributed by atoms with Gasteiger partial charge >= 0.3 is 6.03 Å². The molecule has 2 heterocycles. The van der Waals surface area contributed by atoms with Gasteiger partial charge in [0, 0.05) is 12.7 Å². The fourth-order valence-corrected chi connectivity index (χ4v) is 9.88. The predicted molar refractivity (Wildman–Crippen MR) is 181 cm³/mol. The van der Waals surface area contributed by atoms with Crippen LogP contribution in [0.1, 0.15) is 92.4 Å². The van der Waals surface area contributed by atoms with Gasteiger partial charge < -0.3 is 26.6 Å². The number of urea groups is 1. The Hall–Kier alpha value is -3.35. The Morgan fingerprint density at radius 2 is 1.69 bits per heavy atom. The van der Waals surface area contributed by atoms with Gasteiger partial charge in [-0.2, -0.15) is 0 Å². The quantitative estimate of drug-likeness (QED) is 0.259. The van der Waals surface area contributed by atoms with Gasteiger partial charge in [-0.25, -0.2) is 9.78 Å². The first-order valence-electron chi connectivity index (χ1n) is 17.4. The normalized spacial score (nSPS) is 26.4. The Bertz CT molecular complexity index is 1430. The molecule has 1 aromatic rings. The maximum Gasteiger partial charge on any atom is 0.315 e. The number of rotatable bonds is 11. The lowest BCUT2D eigenvalue weighted by molar-refractivity contribution is -0.145. The van der Waals surface area contributed by atoms with Crippen LogP contribution in [0.5, 0.6) is 0 Å². The number of piperidine rings is 1. The fraction of sp³-hybridized carbons (Fsp3) is 0.714. The van der Waals surface area contributed by atoms with Crippen LogP contribution in [0.25, 0.3) is 0 Å². The highest BCUT2D eigenvalue weighted by Gasteiger charge is 2.70. The van der Waals surface area contributed by atoms with E-state index in [4.69, 9.17) is 5.73 Å². The highest BCUT2D eigenvalue weighted by molar-refractivity contribution is 7.85. The number of ketones is 1. The Labute approximate surface area is 286 Å². The van der Waals surface area contributed by atoms with E-state index in [2.05, 4.69) is 34.8 Å². The number of primary amides is 1. The predicted octanol–water partition coefficient (Wildman–Crippen LogP) is 2.82. The topological polar surface area (TPSA) is 181 Å². The molecule has 5 rings (SSSR count). The highest BCUT2D eigenvalue weighted by Crippen LogP contribution is 2.65. The molecule has 0 bridgehead atoms. The Morgan fingerprint density at radius 3 is 2.27 bits per heavy atom. The van der Waals surface area contributed by atoms with Crippen LogP contribution in [-0.2, 0) is 30.0 Å². The number of hydrogen-bond acceptors (Lipinski definition) is 7. The molecular formula is C35H52N6O6S. The minimum atomic E-state index is -1.43. The van der Waals surface area contributed by atoms with E-state index < -0.39 is 63.5 Å². The van der Waals surface area contributed by atoms with E-state index >= 15 is 0 Å². The van der Waals surface area contributed by atoms with Crippen molar-refractivity contribution in [3.05, 3.63) is 24.4 Å². The lowest BCUT2D eigenvalue weighted by Gasteiger charge is -2.40. The smallest absolute Gasteiger partial charge is 0.315 e. The van der Waals surface area contributed by atoms with Gasteiger partial charge in [0.25, 0.3) is 5.91 Å². The molecule has 1 aliphatic heterocycles. The first kappa shape index (κ1) is 35.9. The second kappa shape index (κ2) is 13.9. The van der Waals surface area contributed by atoms with E-state index in [1.54, 1.807) is 29.3 Å². The molecule has 1 aromatic heterocycles. The number of carbonyl (C=O) groups is 5. The van der Waals surface area contributed by atoms with E-state index in [0.717, 1.165) is 32.1 Å². The minimum absolute atomic E-state index is 0.0792. The Kier molecular flexibility index (Phi) is 10.4. The summed E-state index contributed by atoms with van der Waals surface area (Å²) in [6.07, 6.45) is 8.91. The van der Waals surface area contributed by atoms with Crippen LogP contribution in [0.4, 0.5) is 4.79 Å². The summed E-state index contributed by atoms with van der Waals surface area (Å²) >= 11 is 0. The van der Waals surface area contributed by atoms with Gasteiger partial charge in [-0.05, 0) is 66.4 Å². The number of aromatic nitrogens is 1. The molecule has 0 aromatic carbocycles. The number of likely N-dealkylation sites (tertiary alicyclic amines) is 1. The van der Waals surface area contributed by atoms with E-state index in [1.807, 2.05) is 20.8 Å². The van der Waals surface area contributed by atoms with Crippen molar-refractivity contribution in [3.8, 4) is 0 Å². The molecule has 4 unspecified atom stereocenters. The van der Waals surface area contributed by atoms with Crippen molar-refractivity contribution < 1.29 is 28.2 Å². The highest BCUT2D eigenvalue weighted by atomic mass is 32.2. The number of amides is 5. The standard InChI is InChI=1S/C35H52N6O6S/c1-33(2,3)28(39-32(46)40-35(16-10-6-11-17-35)20-48(47)23-15-9-12-18-37-23)31(45)41-19-22-24(34(22,4)5)26(41)30(44)38-25(27(42)29(36)43)21-13-7-8-14-21/h9,12,15,18,21-22,24-26,28H,6-8,10-11,13-14,16-17,19-20H2,1-5H3,(H2,36,43)(H,38,44)(H2,39,40,46)/t22?,24?,25?,26-,28+,48?/m0/s1. The maximum atomic E-state index is 14.4.